The highest BCUT2D eigenvalue weighted by molar-refractivity contribution is 6.70. The number of allylic oxidation sites excluding steroid dienone is 2. The van der Waals surface area contributed by atoms with Crippen LogP contribution in [0.15, 0.2) is 49.6 Å². The molecule has 0 bridgehead atoms. The monoisotopic (exact) mass is 572 g/mol. The summed E-state index contributed by atoms with van der Waals surface area (Å²) in [6.45, 7) is 35.9. The lowest BCUT2D eigenvalue weighted by atomic mass is 9.90. The minimum absolute atomic E-state index is 0.625. The molecule has 0 saturated carbocycles. The third-order valence-electron chi connectivity index (χ3n) is 4.63. The average molecular weight is 573 g/mol. The van der Waals surface area contributed by atoms with E-state index in [0.29, 0.717) is 11.8 Å². The zero-order valence-corrected chi connectivity index (χ0v) is 29.9. The summed E-state index contributed by atoms with van der Waals surface area (Å²) in [5, 5.41) is 0. The Kier molecular flexibility index (Phi) is 19.8. The molecule has 0 N–H and O–H groups in total. The molecule has 0 spiro atoms. The van der Waals surface area contributed by atoms with E-state index in [0.717, 1.165) is 26.4 Å². The lowest BCUT2D eigenvalue weighted by molar-refractivity contribution is 0.221. The number of hydrogen-bond acceptors (Lipinski definition) is 4. The van der Waals surface area contributed by atoms with E-state index < -0.39 is 33.3 Å². The topological polar surface area (TPSA) is 36.9 Å². The Balaban J connectivity index is 0. The number of hydrogen-bond donors (Lipinski definition) is 0. The predicted molar refractivity (Wildman–Crippen MR) is 172 cm³/mol. The van der Waals surface area contributed by atoms with E-state index in [-0.39, 0.29) is 0 Å². The van der Waals surface area contributed by atoms with Crippen LogP contribution in [0.1, 0.15) is 12.8 Å². The zero-order valence-electron chi connectivity index (χ0n) is 25.9. The van der Waals surface area contributed by atoms with Gasteiger partial charge in [-0.2, -0.15) is 0 Å². The van der Waals surface area contributed by atoms with Crippen molar-refractivity contribution in [2.24, 2.45) is 11.8 Å². The first-order valence-electron chi connectivity index (χ1n) is 13.4. The first-order valence-corrected chi connectivity index (χ1v) is 27.1. The summed E-state index contributed by atoms with van der Waals surface area (Å²) in [4.78, 5) is 0. The quantitative estimate of drug-likeness (QED) is 0.125. The largest absolute Gasteiger partial charge is 0.417 e. The molecule has 0 amide bonds. The Hall–Kier alpha value is -0.332. The molecule has 0 aromatic carbocycles. The van der Waals surface area contributed by atoms with Gasteiger partial charge in [-0.1, -0.05) is 36.5 Å². The summed E-state index contributed by atoms with van der Waals surface area (Å²) in [7, 11) is -5.41. The second-order valence-corrected chi connectivity index (χ2v) is 31.1. The standard InChI is InChI=1S/C14H30O2Si2.C12H26O2Si2.C2H4/c1-17(2,3)15-11-13-7-9-14(10-8-13)12-16-18(4,5)6;1-15(2,3)13-11-9-7-8-10-12-14-16(4,5)6;1-2/h7,9,13-14H,8,10-12H2,1-6H3;7-10H,11-12H2,1-6H3;1-2H2/b;9-7+,10-8+;/t13-,14+;;. The van der Waals surface area contributed by atoms with Crippen molar-refractivity contribution in [3.8, 4) is 0 Å². The molecule has 1 aliphatic carbocycles. The fourth-order valence-corrected chi connectivity index (χ4v) is 5.41. The molecule has 1 aliphatic rings. The van der Waals surface area contributed by atoms with E-state index in [2.05, 4.69) is 104 Å². The third kappa shape index (κ3) is 29.9. The van der Waals surface area contributed by atoms with Crippen LogP contribution in [-0.2, 0) is 17.7 Å². The van der Waals surface area contributed by atoms with E-state index in [1.54, 1.807) is 0 Å². The Bertz CT molecular complexity index is 582. The zero-order chi connectivity index (χ0) is 28.5. The molecule has 0 heterocycles. The van der Waals surface area contributed by atoms with Crippen LogP contribution in [0.3, 0.4) is 0 Å². The maximum atomic E-state index is 5.98. The predicted octanol–water partition coefficient (Wildman–Crippen LogP) is 8.88. The molecule has 0 fully saturated rings. The van der Waals surface area contributed by atoms with Crippen LogP contribution in [-0.4, -0.2) is 59.7 Å². The van der Waals surface area contributed by atoms with Crippen LogP contribution in [0.5, 0.6) is 0 Å². The van der Waals surface area contributed by atoms with E-state index in [1.807, 2.05) is 24.3 Å². The summed E-state index contributed by atoms with van der Waals surface area (Å²) in [6.07, 6.45) is 15.3. The summed E-state index contributed by atoms with van der Waals surface area (Å²) in [5.41, 5.74) is 0. The Morgan fingerprint density at radius 1 is 0.556 bits per heavy atom. The Labute approximate surface area is 229 Å². The molecule has 4 nitrogen and oxygen atoms in total. The fourth-order valence-electron chi connectivity index (χ4n) is 2.79. The highest BCUT2D eigenvalue weighted by Crippen LogP contribution is 2.24. The van der Waals surface area contributed by atoms with Crippen molar-refractivity contribution >= 4 is 33.3 Å². The summed E-state index contributed by atoms with van der Waals surface area (Å²) in [6, 6.07) is 0. The highest BCUT2D eigenvalue weighted by Gasteiger charge is 2.22. The molecule has 0 saturated heterocycles. The molecule has 2 atom stereocenters. The van der Waals surface area contributed by atoms with Gasteiger partial charge in [-0.05, 0) is 103 Å². The molecular weight excluding hydrogens is 513 g/mol. The summed E-state index contributed by atoms with van der Waals surface area (Å²) >= 11 is 0. The van der Waals surface area contributed by atoms with Gasteiger partial charge in [0.05, 0.1) is 13.2 Å². The van der Waals surface area contributed by atoms with Crippen LogP contribution in [0.25, 0.3) is 0 Å². The van der Waals surface area contributed by atoms with Gasteiger partial charge in [0.2, 0.25) is 0 Å². The third-order valence-corrected chi connectivity index (χ3v) is 8.76. The van der Waals surface area contributed by atoms with Gasteiger partial charge in [0, 0.05) is 13.2 Å². The second-order valence-electron chi connectivity index (χ2n) is 13.0. The Morgan fingerprint density at radius 3 is 1.06 bits per heavy atom. The lowest BCUT2D eigenvalue weighted by Gasteiger charge is -2.27. The van der Waals surface area contributed by atoms with Crippen LogP contribution in [0.4, 0.5) is 0 Å². The normalized spacial score (nSPS) is 19.1. The molecular formula is C28H60O4Si4. The van der Waals surface area contributed by atoms with Gasteiger partial charge >= 0.3 is 0 Å². The van der Waals surface area contributed by atoms with Gasteiger partial charge in [-0.3, -0.25) is 0 Å². The molecule has 212 valence electrons. The Morgan fingerprint density at radius 2 is 0.833 bits per heavy atom. The maximum Gasteiger partial charge on any atom is 0.184 e. The molecule has 36 heavy (non-hydrogen) atoms. The second kappa shape index (κ2) is 18.8. The molecule has 0 unspecified atom stereocenters. The van der Waals surface area contributed by atoms with Crippen molar-refractivity contribution in [1.82, 2.24) is 0 Å². The van der Waals surface area contributed by atoms with Crippen LogP contribution >= 0.6 is 0 Å². The van der Waals surface area contributed by atoms with Gasteiger partial charge in [0.25, 0.3) is 0 Å². The van der Waals surface area contributed by atoms with E-state index in [1.165, 1.54) is 12.8 Å². The highest BCUT2D eigenvalue weighted by atomic mass is 28.4. The lowest BCUT2D eigenvalue weighted by Crippen LogP contribution is -2.30. The van der Waals surface area contributed by atoms with Crippen LogP contribution in [0.2, 0.25) is 78.6 Å². The van der Waals surface area contributed by atoms with Crippen molar-refractivity contribution in [3.63, 3.8) is 0 Å². The minimum atomic E-state index is -1.35. The van der Waals surface area contributed by atoms with Crippen molar-refractivity contribution < 1.29 is 17.7 Å². The van der Waals surface area contributed by atoms with E-state index in [4.69, 9.17) is 17.7 Å². The van der Waals surface area contributed by atoms with Gasteiger partial charge < -0.3 is 17.7 Å². The van der Waals surface area contributed by atoms with E-state index >= 15 is 0 Å². The molecule has 0 aliphatic heterocycles. The van der Waals surface area contributed by atoms with E-state index in [9.17, 15) is 0 Å². The first kappa shape index (κ1) is 37.8. The molecule has 0 aromatic heterocycles. The summed E-state index contributed by atoms with van der Waals surface area (Å²) < 4.78 is 23.3. The van der Waals surface area contributed by atoms with Gasteiger partial charge in [-0.25, -0.2) is 0 Å². The summed E-state index contributed by atoms with van der Waals surface area (Å²) in [5.74, 6) is 1.25. The van der Waals surface area contributed by atoms with Crippen LogP contribution < -0.4 is 0 Å². The minimum Gasteiger partial charge on any atom is -0.417 e. The van der Waals surface area contributed by atoms with Crippen molar-refractivity contribution in [1.29, 1.82) is 0 Å². The van der Waals surface area contributed by atoms with Gasteiger partial charge in [0.15, 0.2) is 33.3 Å². The molecule has 1 rings (SSSR count). The van der Waals surface area contributed by atoms with Gasteiger partial charge in [-0.15, -0.1) is 13.2 Å². The van der Waals surface area contributed by atoms with Gasteiger partial charge in [0.1, 0.15) is 0 Å². The maximum absolute atomic E-state index is 5.98. The van der Waals surface area contributed by atoms with Crippen molar-refractivity contribution in [2.45, 2.75) is 91.4 Å². The SMILES string of the molecule is C=C.C[Si](C)(C)OC/C=C/C=C/CO[Si](C)(C)C.C[Si](C)(C)OC[C@@H]1C=C[C@H](CO[Si](C)(C)C)CC1. The van der Waals surface area contributed by atoms with Crippen molar-refractivity contribution in [3.05, 3.63) is 49.6 Å². The van der Waals surface area contributed by atoms with Crippen LogP contribution in [0, 0.1) is 11.8 Å². The number of rotatable bonds is 13. The van der Waals surface area contributed by atoms with Crippen molar-refractivity contribution in [2.75, 3.05) is 26.4 Å². The fraction of sp³-hybridized carbons (Fsp3) is 0.714. The smallest absolute Gasteiger partial charge is 0.184 e. The molecule has 0 radical (unpaired) electrons. The molecule has 8 heteroatoms. The molecule has 0 aromatic rings. The average Bonchev–Trinajstić information content (AvgIpc) is 2.73. The first-order chi connectivity index (χ1) is 16.4.